The number of nitrogens with zero attached hydrogens (tertiary/aromatic N) is 3. The van der Waals surface area contributed by atoms with Gasteiger partial charge in [0, 0.05) is 22.3 Å². The number of hydrogen-bond donors (Lipinski definition) is 2. The van der Waals surface area contributed by atoms with Crippen LogP contribution in [-0.2, 0) is 11.4 Å². The molecule has 9 nitrogen and oxygen atoms in total. The maximum absolute atomic E-state index is 13.7. The number of hydrogen-bond acceptors (Lipinski definition) is 7. The fourth-order valence-electron chi connectivity index (χ4n) is 4.31. The minimum Gasteiger partial charge on any atom is -0.497 e. The topological polar surface area (TPSA) is 99.5 Å². The molecule has 0 bridgehead atoms. The number of carbonyl (C=O) groups is 1. The number of rotatable bonds is 8. The summed E-state index contributed by atoms with van der Waals surface area (Å²) in [5.74, 6) is 2.03. The number of aromatic nitrogens is 3. The van der Waals surface area contributed by atoms with Gasteiger partial charge in [-0.15, -0.1) is 0 Å². The normalized spacial score (nSPS) is 14.4. The van der Waals surface area contributed by atoms with Crippen LogP contribution in [0.2, 0.25) is 5.02 Å². The first-order valence-corrected chi connectivity index (χ1v) is 12.2. The molecule has 4 aromatic rings. The van der Waals surface area contributed by atoms with E-state index in [0.29, 0.717) is 51.8 Å². The van der Waals surface area contributed by atoms with Gasteiger partial charge in [-0.25, -0.2) is 4.68 Å². The average molecular weight is 532 g/mol. The van der Waals surface area contributed by atoms with Crippen molar-refractivity contribution in [2.45, 2.75) is 19.6 Å². The van der Waals surface area contributed by atoms with Gasteiger partial charge in [0.15, 0.2) is 0 Å². The number of benzene rings is 3. The summed E-state index contributed by atoms with van der Waals surface area (Å²) in [6.07, 6.45) is 1.46. The Hall–Kier alpha value is -4.50. The zero-order chi connectivity index (χ0) is 26.6. The molecule has 1 unspecified atom stereocenters. The smallest absolute Gasteiger partial charge is 0.255 e. The van der Waals surface area contributed by atoms with Gasteiger partial charge in [0.2, 0.25) is 5.95 Å². The average Bonchev–Trinajstić information content (AvgIpc) is 3.40. The van der Waals surface area contributed by atoms with Gasteiger partial charge in [0.05, 0.1) is 25.5 Å². The number of amides is 1. The Balaban J connectivity index is 1.42. The lowest BCUT2D eigenvalue weighted by atomic mass is 9.95. The van der Waals surface area contributed by atoms with Crippen LogP contribution >= 0.6 is 11.6 Å². The lowest BCUT2D eigenvalue weighted by Crippen LogP contribution is -2.31. The molecule has 5 rings (SSSR count). The van der Waals surface area contributed by atoms with E-state index in [2.05, 4.69) is 20.7 Å². The van der Waals surface area contributed by atoms with E-state index in [1.54, 1.807) is 30.0 Å². The molecule has 0 spiro atoms. The Kier molecular flexibility index (Phi) is 7.19. The molecule has 1 amide bonds. The molecule has 1 aromatic heterocycles. The van der Waals surface area contributed by atoms with Gasteiger partial charge in [0.1, 0.15) is 36.2 Å². The molecule has 0 aliphatic carbocycles. The maximum Gasteiger partial charge on any atom is 0.255 e. The molecule has 38 heavy (non-hydrogen) atoms. The van der Waals surface area contributed by atoms with Gasteiger partial charge in [-0.05, 0) is 42.8 Å². The van der Waals surface area contributed by atoms with Crippen LogP contribution < -0.4 is 24.8 Å². The highest BCUT2D eigenvalue weighted by Crippen LogP contribution is 2.37. The molecule has 194 valence electrons. The van der Waals surface area contributed by atoms with E-state index in [4.69, 9.17) is 25.8 Å². The molecule has 0 saturated carbocycles. The maximum atomic E-state index is 13.7. The van der Waals surface area contributed by atoms with Gasteiger partial charge >= 0.3 is 0 Å². The predicted molar refractivity (Wildman–Crippen MR) is 145 cm³/mol. The van der Waals surface area contributed by atoms with Gasteiger partial charge in [-0.2, -0.15) is 10.1 Å². The Morgan fingerprint density at radius 3 is 2.55 bits per heavy atom. The number of carbonyl (C=O) groups excluding carboxylic acids is 1. The molecular weight excluding hydrogens is 506 g/mol. The van der Waals surface area contributed by atoms with Crippen LogP contribution in [0.15, 0.2) is 84.3 Å². The molecule has 2 heterocycles. The molecule has 0 radical (unpaired) electrons. The highest BCUT2D eigenvalue weighted by Gasteiger charge is 2.33. The van der Waals surface area contributed by atoms with Crippen molar-refractivity contribution in [1.82, 2.24) is 14.8 Å². The summed E-state index contributed by atoms with van der Waals surface area (Å²) in [6, 6.07) is 19.8. The van der Waals surface area contributed by atoms with Crippen molar-refractivity contribution >= 4 is 29.1 Å². The Morgan fingerprint density at radius 1 is 1.05 bits per heavy atom. The first-order valence-electron chi connectivity index (χ1n) is 11.9. The molecule has 1 aliphatic rings. The summed E-state index contributed by atoms with van der Waals surface area (Å²) in [5, 5.41) is 11.2. The van der Waals surface area contributed by atoms with Crippen LogP contribution in [0.3, 0.4) is 0 Å². The number of methoxy groups -OCH3 is 2. The SMILES string of the molecule is COc1ccc(NC(=O)C2=C(C)Nc3ncnn3C2c2ccc(OCc3ccccc3Cl)cc2)c(OC)c1. The molecule has 10 heteroatoms. The number of nitrogens with one attached hydrogen (secondary N) is 2. The molecule has 1 atom stereocenters. The minimum atomic E-state index is -0.518. The third-order valence-corrected chi connectivity index (χ3v) is 6.61. The Labute approximate surface area is 225 Å². The quantitative estimate of drug-likeness (QED) is 0.311. The second-order valence-electron chi connectivity index (χ2n) is 8.56. The number of allylic oxidation sites excluding steroid dienone is 1. The van der Waals surface area contributed by atoms with Crippen molar-refractivity contribution in [3.8, 4) is 17.2 Å². The van der Waals surface area contributed by atoms with Crippen LogP contribution in [0.4, 0.5) is 11.6 Å². The largest absolute Gasteiger partial charge is 0.497 e. The summed E-state index contributed by atoms with van der Waals surface area (Å²) in [6.45, 7) is 2.18. The van der Waals surface area contributed by atoms with Gasteiger partial charge in [-0.1, -0.05) is 41.9 Å². The molecule has 2 N–H and O–H groups in total. The van der Waals surface area contributed by atoms with Gasteiger partial charge in [-0.3, -0.25) is 4.79 Å². The van der Waals surface area contributed by atoms with E-state index >= 15 is 0 Å². The Bertz CT molecular complexity index is 1500. The number of ether oxygens (including phenoxy) is 3. The van der Waals surface area contributed by atoms with Crippen molar-refractivity contribution in [2.75, 3.05) is 24.9 Å². The van der Waals surface area contributed by atoms with Crippen molar-refractivity contribution in [2.24, 2.45) is 0 Å². The molecule has 0 fully saturated rings. The zero-order valence-corrected chi connectivity index (χ0v) is 21.8. The van der Waals surface area contributed by atoms with Crippen LogP contribution in [-0.4, -0.2) is 34.9 Å². The molecule has 3 aromatic carbocycles. The third-order valence-electron chi connectivity index (χ3n) is 6.24. The number of fused-ring (bicyclic) bond motifs is 1. The second-order valence-corrected chi connectivity index (χ2v) is 8.97. The summed E-state index contributed by atoms with van der Waals surface area (Å²) in [4.78, 5) is 18.0. The lowest BCUT2D eigenvalue weighted by Gasteiger charge is -2.29. The van der Waals surface area contributed by atoms with E-state index in [0.717, 1.165) is 11.1 Å². The van der Waals surface area contributed by atoms with E-state index in [-0.39, 0.29) is 5.91 Å². The van der Waals surface area contributed by atoms with E-state index < -0.39 is 6.04 Å². The van der Waals surface area contributed by atoms with Gasteiger partial charge in [0.25, 0.3) is 5.91 Å². The van der Waals surface area contributed by atoms with E-state index in [9.17, 15) is 4.79 Å². The number of anilines is 2. The minimum absolute atomic E-state index is 0.302. The predicted octanol–water partition coefficient (Wildman–Crippen LogP) is 5.46. The van der Waals surface area contributed by atoms with Crippen LogP contribution in [0, 0.1) is 0 Å². The molecule has 1 aliphatic heterocycles. The molecule has 0 saturated heterocycles. The summed E-state index contributed by atoms with van der Waals surface area (Å²) in [7, 11) is 3.11. The van der Waals surface area contributed by atoms with Crippen LogP contribution in [0.25, 0.3) is 0 Å². The van der Waals surface area contributed by atoms with E-state index in [1.165, 1.54) is 13.4 Å². The van der Waals surface area contributed by atoms with Crippen molar-refractivity contribution in [3.05, 3.63) is 100 Å². The first-order chi connectivity index (χ1) is 18.5. The first kappa shape index (κ1) is 25.2. The fourth-order valence-corrected chi connectivity index (χ4v) is 4.50. The third kappa shape index (κ3) is 5.01. The summed E-state index contributed by atoms with van der Waals surface area (Å²) in [5.41, 5.74) is 3.42. The van der Waals surface area contributed by atoms with Crippen LogP contribution in [0.1, 0.15) is 24.1 Å². The Morgan fingerprint density at radius 2 is 1.82 bits per heavy atom. The molecular formula is C28H26ClN5O4. The van der Waals surface area contributed by atoms with E-state index in [1.807, 2.05) is 55.5 Å². The van der Waals surface area contributed by atoms with Crippen molar-refractivity contribution < 1.29 is 19.0 Å². The highest BCUT2D eigenvalue weighted by molar-refractivity contribution is 6.31. The van der Waals surface area contributed by atoms with Crippen molar-refractivity contribution in [1.29, 1.82) is 0 Å². The lowest BCUT2D eigenvalue weighted by molar-refractivity contribution is -0.113. The highest BCUT2D eigenvalue weighted by atomic mass is 35.5. The summed E-state index contributed by atoms with van der Waals surface area (Å²) >= 11 is 6.25. The van der Waals surface area contributed by atoms with Crippen molar-refractivity contribution in [3.63, 3.8) is 0 Å². The zero-order valence-electron chi connectivity index (χ0n) is 21.1. The fraction of sp³-hybridized carbons (Fsp3) is 0.179. The van der Waals surface area contributed by atoms with Gasteiger partial charge < -0.3 is 24.8 Å². The number of halogens is 1. The summed E-state index contributed by atoms with van der Waals surface area (Å²) < 4.78 is 18.4. The standard InChI is InChI=1S/C28H26ClN5O4/c1-17-25(27(35)33-23-13-12-21(36-2)14-24(23)37-3)26(34-28(32-17)30-16-31-34)18-8-10-20(11-9-18)38-15-19-6-4-5-7-22(19)29/h4-14,16,26H,15H2,1-3H3,(H,33,35)(H,30,31,32). The van der Waals surface area contributed by atoms with Crippen LogP contribution in [0.5, 0.6) is 17.2 Å². The monoisotopic (exact) mass is 531 g/mol. The second kappa shape index (κ2) is 10.9.